The van der Waals surface area contributed by atoms with Crippen LogP contribution in [0.3, 0.4) is 0 Å². The Hall–Kier alpha value is -3.20. The maximum Gasteiger partial charge on any atom is 0.275 e. The van der Waals surface area contributed by atoms with Crippen LogP contribution in [0.25, 0.3) is 5.69 Å². The number of aryl methyl sites for hydroxylation is 1. The second kappa shape index (κ2) is 6.90. The van der Waals surface area contributed by atoms with E-state index in [9.17, 15) is 18.4 Å². The number of fused-ring (bicyclic) bond motifs is 4. The number of rotatable bonds is 3. The summed E-state index contributed by atoms with van der Waals surface area (Å²) in [6, 6.07) is 4.68. The molecule has 0 radical (unpaired) electrons. The van der Waals surface area contributed by atoms with Crippen LogP contribution in [0, 0.1) is 24.5 Å². The van der Waals surface area contributed by atoms with Crippen LogP contribution in [-0.4, -0.2) is 44.6 Å². The van der Waals surface area contributed by atoms with E-state index in [1.165, 1.54) is 10.6 Å². The molecule has 0 bridgehead atoms. The molecule has 33 heavy (non-hydrogen) atoms. The lowest BCUT2D eigenvalue weighted by Crippen LogP contribution is -2.48. The zero-order valence-electron chi connectivity index (χ0n) is 17.6. The molecule has 3 aromatic rings. The minimum atomic E-state index is -1.13. The number of hydrogen-bond acceptors (Lipinski definition) is 4. The Balaban J connectivity index is 1.33. The number of amides is 1. The fourth-order valence-corrected chi connectivity index (χ4v) is 5.37. The molecule has 3 aliphatic rings. The third kappa shape index (κ3) is 2.88. The van der Waals surface area contributed by atoms with Crippen LogP contribution in [0.4, 0.5) is 8.78 Å². The van der Waals surface area contributed by atoms with Gasteiger partial charge in [0.15, 0.2) is 11.6 Å². The molecule has 1 amide bonds. The van der Waals surface area contributed by atoms with Gasteiger partial charge in [-0.2, -0.15) is 4.39 Å². The van der Waals surface area contributed by atoms with Crippen molar-refractivity contribution >= 4 is 17.5 Å². The van der Waals surface area contributed by atoms with Crippen LogP contribution in [0.2, 0.25) is 5.02 Å². The molecule has 2 aliphatic heterocycles. The number of carbonyl (C=O) groups excluding carboxylic acids is 1. The first-order valence-corrected chi connectivity index (χ1v) is 11.0. The molecule has 0 spiro atoms. The number of carbonyl (C=O) groups is 1. The van der Waals surface area contributed by atoms with Gasteiger partial charge in [0.05, 0.1) is 23.7 Å². The third-order valence-corrected chi connectivity index (χ3v) is 7.31. The zero-order valence-corrected chi connectivity index (χ0v) is 18.4. The van der Waals surface area contributed by atoms with E-state index in [-0.39, 0.29) is 34.8 Å². The summed E-state index contributed by atoms with van der Waals surface area (Å²) in [5.41, 5.74) is 1.22. The molecule has 1 aromatic carbocycles. The number of nitrogens with zero attached hydrogens (tertiary/aromatic N) is 4. The SMILES string of the molecule is Cc1cn(-c2ccc3n(c2=O)CCN(C[C@]24C[C@H]2COc2c4cc(Cl)c(F)c2F)C3=O)cn1. The van der Waals surface area contributed by atoms with Gasteiger partial charge in [0.25, 0.3) is 11.5 Å². The Labute approximate surface area is 192 Å². The number of halogens is 3. The predicted molar refractivity (Wildman–Crippen MR) is 115 cm³/mol. The second-order valence-electron chi connectivity index (χ2n) is 8.94. The van der Waals surface area contributed by atoms with Crippen molar-refractivity contribution in [1.82, 2.24) is 19.0 Å². The summed E-state index contributed by atoms with van der Waals surface area (Å²) in [6.45, 7) is 3.09. The van der Waals surface area contributed by atoms with E-state index in [0.29, 0.717) is 43.0 Å². The van der Waals surface area contributed by atoms with Gasteiger partial charge < -0.3 is 18.8 Å². The van der Waals surface area contributed by atoms with Crippen molar-refractivity contribution < 1.29 is 18.3 Å². The molecule has 0 saturated heterocycles. The highest BCUT2D eigenvalue weighted by Crippen LogP contribution is 2.61. The number of pyridine rings is 1. The topological polar surface area (TPSA) is 69.4 Å². The van der Waals surface area contributed by atoms with E-state index >= 15 is 0 Å². The Kier molecular flexibility index (Phi) is 4.27. The first-order chi connectivity index (χ1) is 15.8. The molecule has 7 nitrogen and oxygen atoms in total. The quantitative estimate of drug-likeness (QED) is 0.549. The summed E-state index contributed by atoms with van der Waals surface area (Å²) in [4.78, 5) is 32.2. The maximum absolute atomic E-state index is 14.5. The monoisotopic (exact) mass is 472 g/mol. The smallest absolute Gasteiger partial charge is 0.275 e. The third-order valence-electron chi connectivity index (χ3n) is 7.03. The lowest BCUT2D eigenvalue weighted by molar-refractivity contribution is 0.0669. The van der Waals surface area contributed by atoms with Gasteiger partial charge in [0.1, 0.15) is 11.4 Å². The highest BCUT2D eigenvalue weighted by molar-refractivity contribution is 6.30. The van der Waals surface area contributed by atoms with Crippen LogP contribution >= 0.6 is 11.6 Å². The maximum atomic E-state index is 14.5. The average Bonchev–Trinajstić information content (AvgIpc) is 3.36. The highest BCUT2D eigenvalue weighted by atomic mass is 35.5. The molecule has 10 heteroatoms. The predicted octanol–water partition coefficient (Wildman–Crippen LogP) is 3.08. The molecule has 0 N–H and O–H groups in total. The number of aromatic nitrogens is 3. The standard InChI is InChI=1S/C23H19ClF2N4O3/c1-12-8-29(11-27-12)16-2-3-17-21(31)28(4-5-30(17)22(16)32)10-23-7-13(23)9-33-20-14(23)6-15(24)18(25)19(20)26/h2-3,6,8,11,13H,4-5,7,9-10H2,1H3/t13-,23+/m0/s1. The van der Waals surface area contributed by atoms with Gasteiger partial charge in [-0.05, 0) is 31.5 Å². The number of hydrogen-bond donors (Lipinski definition) is 0. The van der Waals surface area contributed by atoms with E-state index < -0.39 is 17.0 Å². The molecule has 2 aromatic heterocycles. The largest absolute Gasteiger partial charge is 0.490 e. The average molecular weight is 473 g/mol. The van der Waals surface area contributed by atoms with Crippen LogP contribution in [0.15, 0.2) is 35.5 Å². The van der Waals surface area contributed by atoms with Crippen LogP contribution in [0.1, 0.15) is 28.2 Å². The minimum Gasteiger partial charge on any atom is -0.490 e. The number of ether oxygens (including phenoxy) is 1. The Morgan fingerprint density at radius 2 is 2.06 bits per heavy atom. The molecule has 6 rings (SSSR count). The molecule has 0 unspecified atom stereocenters. The van der Waals surface area contributed by atoms with Gasteiger partial charge in [0.2, 0.25) is 5.82 Å². The Morgan fingerprint density at radius 3 is 2.82 bits per heavy atom. The first kappa shape index (κ1) is 20.4. The summed E-state index contributed by atoms with van der Waals surface area (Å²) in [5, 5.41) is -0.300. The summed E-state index contributed by atoms with van der Waals surface area (Å²) in [6.07, 6.45) is 4.01. The van der Waals surface area contributed by atoms with Crippen molar-refractivity contribution in [3.63, 3.8) is 0 Å². The number of benzene rings is 1. The lowest BCUT2D eigenvalue weighted by Gasteiger charge is -2.35. The van der Waals surface area contributed by atoms with Crippen molar-refractivity contribution in [1.29, 1.82) is 0 Å². The van der Waals surface area contributed by atoms with Crippen molar-refractivity contribution in [2.75, 3.05) is 19.7 Å². The van der Waals surface area contributed by atoms with E-state index in [4.69, 9.17) is 16.3 Å². The fraction of sp³-hybridized carbons (Fsp3) is 0.348. The van der Waals surface area contributed by atoms with Gasteiger partial charge in [-0.25, -0.2) is 9.37 Å². The van der Waals surface area contributed by atoms with E-state index in [2.05, 4.69) is 4.98 Å². The van der Waals surface area contributed by atoms with Gasteiger partial charge in [-0.1, -0.05) is 11.6 Å². The highest BCUT2D eigenvalue weighted by Gasteiger charge is 2.61. The molecule has 1 aliphatic carbocycles. The van der Waals surface area contributed by atoms with E-state index in [0.717, 1.165) is 5.69 Å². The van der Waals surface area contributed by atoms with Gasteiger partial charge in [-0.15, -0.1) is 0 Å². The fourth-order valence-electron chi connectivity index (χ4n) is 5.18. The van der Waals surface area contributed by atoms with Crippen LogP contribution < -0.4 is 10.3 Å². The van der Waals surface area contributed by atoms with Crippen LogP contribution in [-0.2, 0) is 12.0 Å². The minimum absolute atomic E-state index is 0.0923. The second-order valence-corrected chi connectivity index (χ2v) is 9.35. The molecule has 170 valence electrons. The molecule has 4 heterocycles. The van der Waals surface area contributed by atoms with Crippen LogP contribution in [0.5, 0.6) is 5.75 Å². The van der Waals surface area contributed by atoms with Gasteiger partial charge in [0, 0.05) is 42.7 Å². The lowest BCUT2D eigenvalue weighted by atomic mass is 9.89. The summed E-state index contributed by atoms with van der Waals surface area (Å²) < 4.78 is 37.1. The molecule has 2 atom stereocenters. The van der Waals surface area contributed by atoms with Crippen molar-refractivity contribution in [2.24, 2.45) is 5.92 Å². The summed E-state index contributed by atoms with van der Waals surface area (Å²) >= 11 is 5.92. The summed E-state index contributed by atoms with van der Waals surface area (Å²) in [7, 11) is 0. The number of imidazole rings is 1. The van der Waals surface area contributed by atoms with E-state index in [1.807, 2.05) is 6.92 Å². The summed E-state index contributed by atoms with van der Waals surface area (Å²) in [5.74, 6) is -2.52. The first-order valence-electron chi connectivity index (χ1n) is 10.6. The molecule has 1 fully saturated rings. The molecular formula is C23H19ClF2N4O3. The van der Waals surface area contributed by atoms with Crippen molar-refractivity contribution in [3.8, 4) is 11.4 Å². The Bertz CT molecular complexity index is 1400. The van der Waals surface area contributed by atoms with Crippen molar-refractivity contribution in [2.45, 2.75) is 25.3 Å². The van der Waals surface area contributed by atoms with E-state index in [1.54, 1.807) is 34.1 Å². The van der Waals surface area contributed by atoms with Gasteiger partial charge >= 0.3 is 0 Å². The zero-order chi connectivity index (χ0) is 23.1. The molecule has 1 saturated carbocycles. The normalized spacial score (nSPS) is 23.0. The Morgan fingerprint density at radius 1 is 1.24 bits per heavy atom. The van der Waals surface area contributed by atoms with Crippen molar-refractivity contribution in [3.05, 3.63) is 74.7 Å². The van der Waals surface area contributed by atoms with Gasteiger partial charge in [-0.3, -0.25) is 9.59 Å². The molecular weight excluding hydrogens is 454 g/mol.